The third-order valence-electron chi connectivity index (χ3n) is 9.52. The molecule has 2 atom stereocenters. The lowest BCUT2D eigenvalue weighted by Gasteiger charge is -2.49. The summed E-state index contributed by atoms with van der Waals surface area (Å²) in [5.41, 5.74) is -11.1. The van der Waals surface area contributed by atoms with Crippen molar-refractivity contribution in [3.8, 4) is 0 Å². The van der Waals surface area contributed by atoms with Crippen molar-refractivity contribution in [1.82, 2.24) is 0 Å². The van der Waals surface area contributed by atoms with E-state index in [4.69, 9.17) is 23.2 Å². The fourth-order valence-corrected chi connectivity index (χ4v) is 8.15. The van der Waals surface area contributed by atoms with E-state index in [2.05, 4.69) is 0 Å². The maximum Gasteiger partial charge on any atom is 0.194 e. The first-order chi connectivity index (χ1) is 26.6. The lowest BCUT2D eigenvalue weighted by Crippen LogP contribution is -2.41. The standard InChI is InChI=1S/C42H18Cl2F12/c43-23-9-5-4-8-22(23)42(19-6-2-1-3-7-19)37(18-12-31(53)40(55)32(54)13-18)39(44)36(34-29(51)14-20(45)15-30(34)52)33(21-16-27(49)28(50)17-26(21)48)38(42)35-24(46)10-11-25(47)41(35)56/h1-17,37H. The summed E-state index contributed by atoms with van der Waals surface area (Å²) in [7, 11) is 0. The summed E-state index contributed by atoms with van der Waals surface area (Å²) in [5.74, 6) is -23.7. The first kappa shape index (κ1) is 38.8. The van der Waals surface area contributed by atoms with E-state index in [-0.39, 0.29) is 40.4 Å². The summed E-state index contributed by atoms with van der Waals surface area (Å²) in [6.45, 7) is 0. The Morgan fingerprint density at radius 3 is 1.64 bits per heavy atom. The molecule has 1 aliphatic carbocycles. The number of hydrogen-bond donors (Lipinski definition) is 0. The van der Waals surface area contributed by atoms with E-state index >= 15 is 39.5 Å². The Balaban J connectivity index is 1.91. The van der Waals surface area contributed by atoms with Crippen LogP contribution in [0.5, 0.6) is 0 Å². The molecule has 7 rings (SSSR count). The molecule has 6 aromatic rings. The van der Waals surface area contributed by atoms with Gasteiger partial charge in [0.1, 0.15) is 29.1 Å². The molecule has 0 bridgehead atoms. The quantitative estimate of drug-likeness (QED) is 0.0892. The van der Waals surface area contributed by atoms with Gasteiger partial charge < -0.3 is 0 Å². The second-order valence-electron chi connectivity index (χ2n) is 12.6. The van der Waals surface area contributed by atoms with E-state index in [1.165, 1.54) is 54.6 Å². The van der Waals surface area contributed by atoms with Gasteiger partial charge in [-0.3, -0.25) is 0 Å². The van der Waals surface area contributed by atoms with Crippen LogP contribution in [0.2, 0.25) is 5.02 Å². The van der Waals surface area contributed by atoms with Crippen LogP contribution in [0.1, 0.15) is 39.3 Å². The summed E-state index contributed by atoms with van der Waals surface area (Å²) in [6, 6.07) is 13.9. The second-order valence-corrected chi connectivity index (χ2v) is 13.4. The minimum Gasteiger partial charge on any atom is -0.207 e. The van der Waals surface area contributed by atoms with Gasteiger partial charge >= 0.3 is 0 Å². The summed E-state index contributed by atoms with van der Waals surface area (Å²) in [6.07, 6.45) is 0. The zero-order valence-corrected chi connectivity index (χ0v) is 29.2. The van der Waals surface area contributed by atoms with Gasteiger partial charge in [-0.1, -0.05) is 71.7 Å². The highest BCUT2D eigenvalue weighted by molar-refractivity contribution is 6.40. The van der Waals surface area contributed by atoms with Crippen LogP contribution in [0.3, 0.4) is 0 Å². The SMILES string of the molecule is Fc1cc(F)c(C2=C(Cl)C(c3cc(F)c(F)c(F)c3)C(c3ccccc3)(c3ccccc3Cl)C(c3c(F)ccc(F)c3F)=C2c2cc(F)c(F)cc2F)c(F)c1. The zero-order valence-electron chi connectivity index (χ0n) is 27.7. The summed E-state index contributed by atoms with van der Waals surface area (Å²) < 4.78 is 187. The first-order valence-corrected chi connectivity index (χ1v) is 16.9. The van der Waals surface area contributed by atoms with Gasteiger partial charge in [0.05, 0.1) is 16.5 Å². The highest BCUT2D eigenvalue weighted by Gasteiger charge is 2.56. The highest BCUT2D eigenvalue weighted by atomic mass is 35.5. The molecule has 6 aromatic carbocycles. The van der Waals surface area contributed by atoms with Crippen LogP contribution >= 0.6 is 23.2 Å². The molecule has 0 fully saturated rings. The maximum atomic E-state index is 16.7. The van der Waals surface area contributed by atoms with Crippen LogP contribution in [-0.4, -0.2) is 0 Å². The Kier molecular flexibility index (Phi) is 10.1. The zero-order chi connectivity index (χ0) is 40.4. The van der Waals surface area contributed by atoms with Crippen molar-refractivity contribution in [3.63, 3.8) is 0 Å². The van der Waals surface area contributed by atoms with Crippen molar-refractivity contribution in [2.45, 2.75) is 11.3 Å². The van der Waals surface area contributed by atoms with Gasteiger partial charge in [0.25, 0.3) is 0 Å². The minimum atomic E-state index is -2.67. The van der Waals surface area contributed by atoms with E-state index < -0.39 is 125 Å². The van der Waals surface area contributed by atoms with Gasteiger partial charge in [0.2, 0.25) is 0 Å². The molecule has 14 heteroatoms. The van der Waals surface area contributed by atoms with Gasteiger partial charge in [-0.2, -0.15) is 0 Å². The van der Waals surface area contributed by atoms with E-state index in [0.717, 1.165) is 0 Å². The number of allylic oxidation sites excluding steroid dienone is 4. The molecular formula is C42H18Cl2F12. The van der Waals surface area contributed by atoms with Gasteiger partial charge in [0, 0.05) is 45.3 Å². The van der Waals surface area contributed by atoms with E-state index in [1.807, 2.05) is 0 Å². The Hall–Kier alpha value is -5.46. The average molecular weight is 821 g/mol. The largest absolute Gasteiger partial charge is 0.207 e. The Morgan fingerprint density at radius 1 is 0.446 bits per heavy atom. The molecule has 0 N–H and O–H groups in total. The van der Waals surface area contributed by atoms with Crippen LogP contribution in [0.4, 0.5) is 52.7 Å². The lowest BCUT2D eigenvalue weighted by molar-refractivity contribution is 0.441. The highest BCUT2D eigenvalue weighted by Crippen LogP contribution is 2.66. The van der Waals surface area contributed by atoms with Gasteiger partial charge in [-0.25, -0.2) is 52.7 Å². The molecule has 2 unspecified atom stereocenters. The smallest absolute Gasteiger partial charge is 0.194 e. The number of hydrogen-bond acceptors (Lipinski definition) is 0. The Labute approximate surface area is 319 Å². The average Bonchev–Trinajstić information content (AvgIpc) is 3.15. The second kappa shape index (κ2) is 14.6. The maximum absolute atomic E-state index is 16.7. The van der Waals surface area contributed by atoms with Crippen molar-refractivity contribution in [2.75, 3.05) is 0 Å². The van der Waals surface area contributed by atoms with Crippen molar-refractivity contribution in [3.05, 3.63) is 216 Å². The van der Waals surface area contributed by atoms with Crippen LogP contribution in [-0.2, 0) is 5.41 Å². The van der Waals surface area contributed by atoms with Crippen LogP contribution < -0.4 is 0 Å². The molecule has 0 aromatic heterocycles. The molecule has 56 heavy (non-hydrogen) atoms. The van der Waals surface area contributed by atoms with Crippen LogP contribution in [0, 0.1) is 69.8 Å². The fraction of sp³-hybridized carbons (Fsp3) is 0.0476. The Morgan fingerprint density at radius 2 is 1.02 bits per heavy atom. The fourth-order valence-electron chi connectivity index (χ4n) is 7.38. The predicted molar refractivity (Wildman–Crippen MR) is 186 cm³/mol. The normalized spacial score (nSPS) is 17.2. The third kappa shape index (κ3) is 6.06. The molecular weight excluding hydrogens is 803 g/mol. The molecule has 0 nitrogen and oxygen atoms in total. The summed E-state index contributed by atoms with van der Waals surface area (Å²) >= 11 is 14.0. The molecule has 0 heterocycles. The molecule has 0 spiro atoms. The molecule has 0 amide bonds. The molecule has 0 saturated carbocycles. The summed E-state index contributed by atoms with van der Waals surface area (Å²) in [4.78, 5) is 0. The van der Waals surface area contributed by atoms with Crippen molar-refractivity contribution in [1.29, 1.82) is 0 Å². The number of benzene rings is 6. The van der Waals surface area contributed by atoms with Crippen molar-refractivity contribution < 1.29 is 52.7 Å². The predicted octanol–water partition coefficient (Wildman–Crippen LogP) is 13.4. The van der Waals surface area contributed by atoms with Gasteiger partial charge in [-0.15, -0.1) is 0 Å². The van der Waals surface area contributed by atoms with Crippen molar-refractivity contribution >= 4 is 39.9 Å². The molecule has 0 radical (unpaired) electrons. The van der Waals surface area contributed by atoms with Gasteiger partial charge in [-0.05, 0) is 64.2 Å². The van der Waals surface area contributed by atoms with E-state index in [1.54, 1.807) is 0 Å². The Bertz CT molecular complexity index is 2610. The van der Waals surface area contributed by atoms with Crippen LogP contribution in [0.15, 0.2) is 108 Å². The monoisotopic (exact) mass is 820 g/mol. The third-order valence-corrected chi connectivity index (χ3v) is 10.3. The van der Waals surface area contributed by atoms with Crippen LogP contribution in [0.25, 0.3) is 16.7 Å². The van der Waals surface area contributed by atoms with Gasteiger partial charge in [0.15, 0.2) is 40.7 Å². The minimum absolute atomic E-state index is 0.00696. The molecule has 0 saturated heterocycles. The lowest BCUT2D eigenvalue weighted by atomic mass is 9.53. The summed E-state index contributed by atoms with van der Waals surface area (Å²) in [5, 5.41) is -1.26. The number of halogens is 14. The molecule has 1 aliphatic rings. The van der Waals surface area contributed by atoms with Crippen molar-refractivity contribution in [2.24, 2.45) is 0 Å². The van der Waals surface area contributed by atoms with E-state index in [9.17, 15) is 13.2 Å². The first-order valence-electron chi connectivity index (χ1n) is 16.1. The molecule has 0 aliphatic heterocycles. The van der Waals surface area contributed by atoms with E-state index in [0.29, 0.717) is 24.3 Å². The number of rotatable bonds is 6. The molecule has 284 valence electrons. The topological polar surface area (TPSA) is 0 Å².